The van der Waals surface area contributed by atoms with E-state index in [1.165, 1.54) is 6.07 Å². The van der Waals surface area contributed by atoms with E-state index in [-0.39, 0.29) is 18.1 Å². The summed E-state index contributed by atoms with van der Waals surface area (Å²) in [5.74, 6) is -0.346. The second-order valence-corrected chi connectivity index (χ2v) is 2.96. The SMILES string of the molecule is Cc1cc(F)c(C)c(CNO)c1O. The maximum Gasteiger partial charge on any atom is 0.126 e. The van der Waals surface area contributed by atoms with Crippen molar-refractivity contribution in [2.75, 3.05) is 0 Å². The van der Waals surface area contributed by atoms with E-state index in [0.717, 1.165) is 0 Å². The van der Waals surface area contributed by atoms with E-state index in [1.807, 2.05) is 5.48 Å². The molecule has 4 heteroatoms. The number of aryl methyl sites for hydroxylation is 1. The van der Waals surface area contributed by atoms with Crippen molar-refractivity contribution >= 4 is 0 Å². The number of nitrogens with one attached hydrogen (secondary N) is 1. The predicted molar refractivity (Wildman–Crippen MR) is 46.2 cm³/mol. The lowest BCUT2D eigenvalue weighted by molar-refractivity contribution is 0.160. The third-order valence-electron chi connectivity index (χ3n) is 2.07. The summed E-state index contributed by atoms with van der Waals surface area (Å²) in [5, 5.41) is 18.0. The highest BCUT2D eigenvalue weighted by Crippen LogP contribution is 2.27. The van der Waals surface area contributed by atoms with Gasteiger partial charge in [-0.05, 0) is 31.0 Å². The maximum absolute atomic E-state index is 13.1. The Hall–Kier alpha value is -1.13. The average molecular weight is 185 g/mol. The number of rotatable bonds is 2. The molecule has 1 aromatic rings. The van der Waals surface area contributed by atoms with Gasteiger partial charge < -0.3 is 10.3 Å². The summed E-state index contributed by atoms with van der Waals surface area (Å²) in [6.45, 7) is 3.20. The number of aromatic hydroxyl groups is 1. The molecule has 3 nitrogen and oxygen atoms in total. The van der Waals surface area contributed by atoms with Crippen molar-refractivity contribution in [3.05, 3.63) is 28.6 Å². The molecule has 0 aliphatic carbocycles. The van der Waals surface area contributed by atoms with Crippen molar-refractivity contribution in [1.29, 1.82) is 0 Å². The molecule has 0 aromatic heterocycles. The van der Waals surface area contributed by atoms with Crippen LogP contribution < -0.4 is 5.48 Å². The van der Waals surface area contributed by atoms with Crippen LogP contribution in [-0.4, -0.2) is 10.3 Å². The van der Waals surface area contributed by atoms with Crippen LogP contribution in [0.2, 0.25) is 0 Å². The Bertz CT molecular complexity index is 300. The van der Waals surface area contributed by atoms with E-state index >= 15 is 0 Å². The Labute approximate surface area is 75.8 Å². The summed E-state index contributed by atoms with van der Waals surface area (Å²) in [6, 6.07) is 1.27. The van der Waals surface area contributed by atoms with Crippen molar-refractivity contribution < 1.29 is 14.7 Å². The molecule has 0 aliphatic heterocycles. The average Bonchev–Trinajstić information content (AvgIpc) is 2.09. The molecule has 0 spiro atoms. The van der Waals surface area contributed by atoms with Crippen LogP contribution in [0.15, 0.2) is 6.07 Å². The molecule has 0 saturated carbocycles. The maximum atomic E-state index is 13.1. The van der Waals surface area contributed by atoms with Gasteiger partial charge in [-0.15, -0.1) is 0 Å². The minimum atomic E-state index is -0.374. The minimum absolute atomic E-state index is 0.0282. The van der Waals surface area contributed by atoms with Crippen LogP contribution in [0, 0.1) is 19.7 Å². The van der Waals surface area contributed by atoms with E-state index in [9.17, 15) is 9.50 Å². The van der Waals surface area contributed by atoms with Crippen LogP contribution >= 0.6 is 0 Å². The van der Waals surface area contributed by atoms with Gasteiger partial charge >= 0.3 is 0 Å². The van der Waals surface area contributed by atoms with Crippen LogP contribution in [0.4, 0.5) is 4.39 Å². The molecule has 0 atom stereocenters. The quantitative estimate of drug-likeness (QED) is 0.614. The molecular weight excluding hydrogens is 173 g/mol. The van der Waals surface area contributed by atoms with E-state index in [0.29, 0.717) is 16.7 Å². The Morgan fingerprint density at radius 2 is 2.08 bits per heavy atom. The summed E-state index contributed by atoms with van der Waals surface area (Å²) >= 11 is 0. The Morgan fingerprint density at radius 1 is 1.46 bits per heavy atom. The first kappa shape index (κ1) is 9.95. The second-order valence-electron chi connectivity index (χ2n) is 2.96. The fourth-order valence-electron chi connectivity index (χ4n) is 1.22. The lowest BCUT2D eigenvalue weighted by atomic mass is 10.0. The van der Waals surface area contributed by atoms with E-state index in [1.54, 1.807) is 13.8 Å². The van der Waals surface area contributed by atoms with Gasteiger partial charge in [-0.25, -0.2) is 9.87 Å². The lowest BCUT2D eigenvalue weighted by Crippen LogP contribution is -2.09. The second kappa shape index (κ2) is 3.72. The Kier molecular flexibility index (Phi) is 2.85. The van der Waals surface area contributed by atoms with Gasteiger partial charge in [0.2, 0.25) is 0 Å². The zero-order valence-corrected chi connectivity index (χ0v) is 7.56. The van der Waals surface area contributed by atoms with Crippen molar-refractivity contribution in [1.82, 2.24) is 5.48 Å². The number of phenols is 1. The van der Waals surface area contributed by atoms with Crippen molar-refractivity contribution in [3.8, 4) is 5.75 Å². The molecule has 13 heavy (non-hydrogen) atoms. The van der Waals surface area contributed by atoms with Gasteiger partial charge in [0.15, 0.2) is 0 Å². The third kappa shape index (κ3) is 1.79. The van der Waals surface area contributed by atoms with E-state index < -0.39 is 0 Å². The van der Waals surface area contributed by atoms with Crippen LogP contribution in [0.25, 0.3) is 0 Å². The van der Waals surface area contributed by atoms with Crippen molar-refractivity contribution in [2.45, 2.75) is 20.4 Å². The van der Waals surface area contributed by atoms with Crippen LogP contribution in [0.5, 0.6) is 5.75 Å². The summed E-state index contributed by atoms with van der Waals surface area (Å²) in [4.78, 5) is 0. The van der Waals surface area contributed by atoms with Gasteiger partial charge in [0.05, 0.1) is 0 Å². The van der Waals surface area contributed by atoms with Crippen molar-refractivity contribution in [2.24, 2.45) is 0 Å². The molecule has 0 bridgehead atoms. The molecular formula is C9H12FNO2. The molecule has 0 aliphatic rings. The fraction of sp³-hybridized carbons (Fsp3) is 0.333. The molecule has 1 rings (SSSR count). The minimum Gasteiger partial charge on any atom is -0.507 e. The molecule has 0 amide bonds. The molecule has 0 radical (unpaired) electrons. The first-order chi connectivity index (χ1) is 6.07. The highest BCUT2D eigenvalue weighted by molar-refractivity contribution is 5.45. The number of benzene rings is 1. The van der Waals surface area contributed by atoms with Gasteiger partial charge in [-0.1, -0.05) is 0 Å². The molecule has 0 fully saturated rings. The van der Waals surface area contributed by atoms with E-state index in [4.69, 9.17) is 5.21 Å². The van der Waals surface area contributed by atoms with Crippen LogP contribution in [0.1, 0.15) is 16.7 Å². The van der Waals surface area contributed by atoms with Crippen LogP contribution in [-0.2, 0) is 6.54 Å². The fourth-order valence-corrected chi connectivity index (χ4v) is 1.22. The smallest absolute Gasteiger partial charge is 0.126 e. The topological polar surface area (TPSA) is 52.5 Å². The summed E-state index contributed by atoms with van der Waals surface area (Å²) in [6.07, 6.45) is 0. The molecule has 1 aromatic carbocycles. The highest BCUT2D eigenvalue weighted by Gasteiger charge is 2.11. The largest absolute Gasteiger partial charge is 0.507 e. The standard InChI is InChI=1S/C9H12FNO2/c1-5-3-8(10)6(2)7(4-11-13)9(5)12/h3,11-13H,4H2,1-2H3. The molecule has 0 heterocycles. The van der Waals surface area contributed by atoms with Gasteiger partial charge in [0.1, 0.15) is 11.6 Å². The predicted octanol–water partition coefficient (Wildman–Crippen LogP) is 1.63. The van der Waals surface area contributed by atoms with Gasteiger partial charge in [0, 0.05) is 12.1 Å². The molecule has 3 N–H and O–H groups in total. The monoisotopic (exact) mass is 185 g/mol. The number of hydroxylamine groups is 1. The van der Waals surface area contributed by atoms with Gasteiger partial charge in [-0.3, -0.25) is 0 Å². The number of halogens is 1. The van der Waals surface area contributed by atoms with Gasteiger partial charge in [-0.2, -0.15) is 0 Å². The molecule has 72 valence electrons. The first-order valence-corrected chi connectivity index (χ1v) is 3.92. The Balaban J connectivity index is 3.28. The highest BCUT2D eigenvalue weighted by atomic mass is 19.1. The molecule has 0 unspecified atom stereocenters. The van der Waals surface area contributed by atoms with E-state index in [2.05, 4.69) is 0 Å². The Morgan fingerprint density at radius 3 is 2.62 bits per heavy atom. The zero-order chi connectivity index (χ0) is 10.0. The first-order valence-electron chi connectivity index (χ1n) is 3.92. The summed E-state index contributed by atoms with van der Waals surface area (Å²) in [5.41, 5.74) is 3.10. The zero-order valence-electron chi connectivity index (χ0n) is 7.56. The van der Waals surface area contributed by atoms with Gasteiger partial charge in [0.25, 0.3) is 0 Å². The van der Waals surface area contributed by atoms with Crippen molar-refractivity contribution in [3.63, 3.8) is 0 Å². The van der Waals surface area contributed by atoms with Crippen LogP contribution in [0.3, 0.4) is 0 Å². The third-order valence-corrected chi connectivity index (χ3v) is 2.07. The summed E-state index contributed by atoms with van der Waals surface area (Å²) < 4.78 is 13.1. The summed E-state index contributed by atoms with van der Waals surface area (Å²) in [7, 11) is 0. The number of hydrogen-bond donors (Lipinski definition) is 3. The number of hydrogen-bond acceptors (Lipinski definition) is 3. The molecule has 0 saturated heterocycles. The normalized spacial score (nSPS) is 10.5. The number of phenolic OH excluding ortho intramolecular Hbond substituents is 1. The lowest BCUT2D eigenvalue weighted by Gasteiger charge is -2.10.